The lowest BCUT2D eigenvalue weighted by Gasteiger charge is -2.20. The third kappa shape index (κ3) is 1.65. The lowest BCUT2D eigenvalue weighted by molar-refractivity contribution is 0.669. The first-order chi connectivity index (χ1) is 8.83. The van der Waals surface area contributed by atoms with Gasteiger partial charge in [-0.25, -0.2) is 0 Å². The van der Waals surface area contributed by atoms with Gasteiger partial charge in [-0.1, -0.05) is 18.2 Å². The van der Waals surface area contributed by atoms with Crippen molar-refractivity contribution in [1.82, 2.24) is 0 Å². The zero-order chi connectivity index (χ0) is 12.5. The topological polar surface area (TPSA) is 16.4 Å². The van der Waals surface area contributed by atoms with Crippen LogP contribution in [0.25, 0.3) is 21.9 Å². The van der Waals surface area contributed by atoms with Crippen LogP contribution < -0.4 is 4.90 Å². The van der Waals surface area contributed by atoms with Gasteiger partial charge in [0.25, 0.3) is 0 Å². The lowest BCUT2D eigenvalue weighted by Crippen LogP contribution is -2.21. The number of furan rings is 1. The fraction of sp³-hybridized carbons (Fsp3) is 0.250. The molecule has 0 amide bonds. The minimum Gasteiger partial charge on any atom is -0.456 e. The number of rotatable bonds is 3. The smallest absolute Gasteiger partial charge is 0.135 e. The Morgan fingerprint density at radius 2 is 1.61 bits per heavy atom. The van der Waals surface area contributed by atoms with E-state index in [-0.39, 0.29) is 0 Å². The third-order valence-electron chi connectivity index (χ3n) is 3.49. The molecule has 1 aromatic heterocycles. The summed E-state index contributed by atoms with van der Waals surface area (Å²) >= 11 is 0. The second-order valence-electron chi connectivity index (χ2n) is 4.45. The highest BCUT2D eigenvalue weighted by Gasteiger charge is 2.08. The summed E-state index contributed by atoms with van der Waals surface area (Å²) in [7, 11) is 0. The quantitative estimate of drug-likeness (QED) is 0.672. The van der Waals surface area contributed by atoms with Crippen LogP contribution in [0.15, 0.2) is 46.9 Å². The average molecular weight is 239 g/mol. The highest BCUT2D eigenvalue weighted by Crippen LogP contribution is 2.31. The monoisotopic (exact) mass is 239 g/mol. The van der Waals surface area contributed by atoms with Gasteiger partial charge in [0.2, 0.25) is 0 Å². The molecule has 2 aromatic carbocycles. The van der Waals surface area contributed by atoms with E-state index in [0.29, 0.717) is 0 Å². The van der Waals surface area contributed by atoms with Crippen molar-refractivity contribution in [2.45, 2.75) is 13.8 Å². The molecule has 0 bridgehead atoms. The van der Waals surface area contributed by atoms with Gasteiger partial charge >= 0.3 is 0 Å². The highest BCUT2D eigenvalue weighted by atomic mass is 16.3. The Balaban J connectivity index is 2.24. The first kappa shape index (κ1) is 11.1. The summed E-state index contributed by atoms with van der Waals surface area (Å²) in [5.74, 6) is 0. The number of nitrogens with zero attached hydrogens (tertiary/aromatic N) is 1. The van der Waals surface area contributed by atoms with E-state index in [1.165, 1.54) is 16.5 Å². The molecule has 92 valence electrons. The minimum atomic E-state index is 0.962. The van der Waals surface area contributed by atoms with E-state index in [9.17, 15) is 0 Å². The fourth-order valence-corrected chi connectivity index (χ4v) is 2.50. The van der Waals surface area contributed by atoms with Crippen molar-refractivity contribution < 1.29 is 4.42 Å². The Morgan fingerprint density at radius 1 is 0.889 bits per heavy atom. The van der Waals surface area contributed by atoms with Crippen LogP contribution >= 0.6 is 0 Å². The predicted octanol–water partition coefficient (Wildman–Crippen LogP) is 4.43. The molecule has 3 rings (SSSR count). The van der Waals surface area contributed by atoms with Crippen molar-refractivity contribution in [3.05, 3.63) is 42.5 Å². The number of anilines is 1. The number of hydrogen-bond acceptors (Lipinski definition) is 2. The fourth-order valence-electron chi connectivity index (χ4n) is 2.50. The Bertz CT molecular complexity index is 680. The predicted molar refractivity (Wildman–Crippen MR) is 77.3 cm³/mol. The van der Waals surface area contributed by atoms with E-state index < -0.39 is 0 Å². The summed E-state index contributed by atoms with van der Waals surface area (Å²) in [6, 6.07) is 14.6. The van der Waals surface area contributed by atoms with Gasteiger partial charge in [0.05, 0.1) is 0 Å². The summed E-state index contributed by atoms with van der Waals surface area (Å²) in [5.41, 5.74) is 3.19. The maximum atomic E-state index is 5.84. The van der Waals surface area contributed by atoms with E-state index in [0.717, 1.165) is 24.3 Å². The van der Waals surface area contributed by atoms with Crippen LogP contribution in [0.2, 0.25) is 0 Å². The van der Waals surface area contributed by atoms with E-state index in [2.05, 4.69) is 49.1 Å². The molecule has 0 saturated carbocycles. The zero-order valence-corrected chi connectivity index (χ0v) is 10.8. The number of hydrogen-bond donors (Lipinski definition) is 0. The average Bonchev–Trinajstić information content (AvgIpc) is 2.78. The molecular weight excluding hydrogens is 222 g/mol. The molecule has 0 fully saturated rings. The van der Waals surface area contributed by atoms with Crippen LogP contribution in [0.5, 0.6) is 0 Å². The van der Waals surface area contributed by atoms with Gasteiger partial charge in [-0.15, -0.1) is 0 Å². The molecular formula is C16H17NO. The van der Waals surface area contributed by atoms with Crippen molar-refractivity contribution in [2.75, 3.05) is 18.0 Å². The van der Waals surface area contributed by atoms with Crippen LogP contribution in [0.3, 0.4) is 0 Å². The molecule has 0 aliphatic heterocycles. The molecule has 0 N–H and O–H groups in total. The Morgan fingerprint density at radius 3 is 2.39 bits per heavy atom. The van der Waals surface area contributed by atoms with Crippen molar-refractivity contribution in [3.63, 3.8) is 0 Å². The molecule has 0 aliphatic carbocycles. The van der Waals surface area contributed by atoms with Gasteiger partial charge in [0.1, 0.15) is 11.2 Å². The van der Waals surface area contributed by atoms with Crippen LogP contribution in [0.1, 0.15) is 13.8 Å². The molecule has 0 atom stereocenters. The van der Waals surface area contributed by atoms with Crippen molar-refractivity contribution in [3.8, 4) is 0 Å². The third-order valence-corrected chi connectivity index (χ3v) is 3.49. The van der Waals surface area contributed by atoms with Crippen molar-refractivity contribution in [1.29, 1.82) is 0 Å². The van der Waals surface area contributed by atoms with Crippen molar-refractivity contribution in [2.24, 2.45) is 0 Å². The van der Waals surface area contributed by atoms with Crippen LogP contribution in [0.4, 0.5) is 5.69 Å². The minimum absolute atomic E-state index is 0.962. The van der Waals surface area contributed by atoms with E-state index in [4.69, 9.17) is 4.42 Å². The normalized spacial score (nSPS) is 11.2. The second-order valence-corrected chi connectivity index (χ2v) is 4.45. The van der Waals surface area contributed by atoms with E-state index in [1.54, 1.807) is 0 Å². The lowest BCUT2D eigenvalue weighted by atomic mass is 10.1. The van der Waals surface area contributed by atoms with E-state index in [1.807, 2.05) is 12.1 Å². The molecule has 0 aliphatic rings. The second kappa shape index (κ2) is 4.37. The number of benzene rings is 2. The standard InChI is InChI=1S/C16H17NO/c1-3-17(4-2)12-9-10-16-14(11-12)13-7-5-6-8-15(13)18-16/h5-11H,3-4H2,1-2H3. The van der Waals surface area contributed by atoms with Crippen LogP contribution in [-0.2, 0) is 0 Å². The molecule has 18 heavy (non-hydrogen) atoms. The maximum Gasteiger partial charge on any atom is 0.135 e. The van der Waals surface area contributed by atoms with Gasteiger partial charge in [0.15, 0.2) is 0 Å². The molecule has 0 radical (unpaired) electrons. The Kier molecular flexibility index (Phi) is 2.71. The SMILES string of the molecule is CCN(CC)c1ccc2oc3ccccc3c2c1. The van der Waals surface area contributed by atoms with E-state index >= 15 is 0 Å². The molecule has 0 spiro atoms. The summed E-state index contributed by atoms with van der Waals surface area (Å²) in [6.45, 7) is 6.41. The van der Waals surface area contributed by atoms with Crippen molar-refractivity contribution >= 4 is 27.6 Å². The highest BCUT2D eigenvalue weighted by molar-refractivity contribution is 6.05. The first-order valence-electron chi connectivity index (χ1n) is 6.49. The maximum absolute atomic E-state index is 5.84. The Hall–Kier alpha value is -1.96. The molecule has 0 unspecified atom stereocenters. The molecule has 1 heterocycles. The molecule has 2 heteroatoms. The summed E-state index contributed by atoms with van der Waals surface area (Å²) in [6.07, 6.45) is 0. The van der Waals surface area contributed by atoms with Gasteiger partial charge in [0, 0.05) is 29.5 Å². The molecule has 0 saturated heterocycles. The number of para-hydroxylation sites is 1. The van der Waals surface area contributed by atoms with Gasteiger partial charge < -0.3 is 9.32 Å². The first-order valence-corrected chi connectivity index (χ1v) is 6.49. The van der Waals surface area contributed by atoms with Crippen LogP contribution in [0, 0.1) is 0 Å². The molecule has 2 nitrogen and oxygen atoms in total. The zero-order valence-electron chi connectivity index (χ0n) is 10.8. The van der Waals surface area contributed by atoms with Gasteiger partial charge in [-0.2, -0.15) is 0 Å². The van der Waals surface area contributed by atoms with Gasteiger partial charge in [-0.05, 0) is 38.1 Å². The van der Waals surface area contributed by atoms with Crippen LogP contribution in [-0.4, -0.2) is 13.1 Å². The largest absolute Gasteiger partial charge is 0.456 e. The summed E-state index contributed by atoms with van der Waals surface area (Å²) < 4.78 is 5.84. The summed E-state index contributed by atoms with van der Waals surface area (Å²) in [4.78, 5) is 2.35. The number of fused-ring (bicyclic) bond motifs is 3. The Labute approximate surface area is 107 Å². The summed E-state index contributed by atoms with van der Waals surface area (Å²) in [5, 5.41) is 2.40. The molecule has 3 aromatic rings. The van der Waals surface area contributed by atoms with Gasteiger partial charge in [-0.3, -0.25) is 0 Å².